The average Bonchev–Trinajstić information content (AvgIpc) is 3.42. The third-order valence-electron chi connectivity index (χ3n) is 8.56. The van der Waals surface area contributed by atoms with Crippen LogP contribution < -0.4 is 26.8 Å². The highest BCUT2D eigenvalue weighted by molar-refractivity contribution is 6.24. The standard InChI is InChI=1S/C38H46N6O8/c1-2-17-41-43-36(47)28-8-6-26(7-9-28)27-10-12-29(13-11-27)42-34(46)16-19-50-21-23-52-24-22-51-20-18-39-32-5-3-4-31-35(32)38(49)44(37(31)48)30-14-15-33(45)40-25-30/h3-13,30,39,41H,2,14-25H2,1H3,(H,40,45)(H,42,46)(H,43,47). The van der Waals surface area contributed by atoms with E-state index in [2.05, 4.69) is 26.8 Å². The van der Waals surface area contributed by atoms with Crippen LogP contribution in [-0.2, 0) is 23.8 Å². The monoisotopic (exact) mass is 714 g/mol. The number of benzene rings is 3. The van der Waals surface area contributed by atoms with Crippen LogP contribution >= 0.6 is 0 Å². The van der Waals surface area contributed by atoms with E-state index in [4.69, 9.17) is 14.2 Å². The zero-order valence-corrected chi connectivity index (χ0v) is 29.3. The average molecular weight is 715 g/mol. The van der Waals surface area contributed by atoms with Crippen LogP contribution in [0.3, 0.4) is 0 Å². The molecule has 0 saturated carbocycles. The first-order valence-corrected chi connectivity index (χ1v) is 17.6. The molecule has 1 unspecified atom stereocenters. The number of piperidine rings is 1. The topological polar surface area (TPSA) is 176 Å². The van der Waals surface area contributed by atoms with Crippen molar-refractivity contribution in [3.8, 4) is 11.1 Å². The fraction of sp³-hybridized carbons (Fsp3) is 0.395. The Balaban J connectivity index is 0.891. The predicted molar refractivity (Wildman–Crippen MR) is 195 cm³/mol. The third-order valence-corrected chi connectivity index (χ3v) is 8.56. The zero-order chi connectivity index (χ0) is 36.7. The smallest absolute Gasteiger partial charge is 0.265 e. The minimum atomic E-state index is -0.353. The highest BCUT2D eigenvalue weighted by atomic mass is 16.5. The molecule has 1 saturated heterocycles. The molecule has 5 amide bonds. The fourth-order valence-electron chi connectivity index (χ4n) is 5.81. The maximum absolute atomic E-state index is 13.2. The molecule has 2 heterocycles. The minimum absolute atomic E-state index is 0.0731. The fourth-order valence-corrected chi connectivity index (χ4v) is 5.81. The van der Waals surface area contributed by atoms with Crippen LogP contribution in [0.1, 0.15) is 63.7 Å². The Labute approximate surface area is 302 Å². The summed E-state index contributed by atoms with van der Waals surface area (Å²) in [5.74, 6) is -1.10. The summed E-state index contributed by atoms with van der Waals surface area (Å²) in [5.41, 5.74) is 10.0. The lowest BCUT2D eigenvalue weighted by Crippen LogP contribution is -2.50. The molecule has 0 aromatic heterocycles. The van der Waals surface area contributed by atoms with Crippen molar-refractivity contribution in [2.75, 3.05) is 69.9 Å². The van der Waals surface area contributed by atoms with Crippen LogP contribution in [0.5, 0.6) is 0 Å². The van der Waals surface area contributed by atoms with E-state index < -0.39 is 0 Å². The predicted octanol–water partition coefficient (Wildman–Crippen LogP) is 3.36. The number of hydrazine groups is 1. The third kappa shape index (κ3) is 10.4. The summed E-state index contributed by atoms with van der Waals surface area (Å²) in [7, 11) is 0. The number of nitrogens with zero attached hydrogens (tertiary/aromatic N) is 1. The van der Waals surface area contributed by atoms with Crippen molar-refractivity contribution in [1.82, 2.24) is 21.1 Å². The van der Waals surface area contributed by atoms with Crippen molar-refractivity contribution in [2.24, 2.45) is 0 Å². The molecule has 52 heavy (non-hydrogen) atoms. The van der Waals surface area contributed by atoms with Crippen molar-refractivity contribution in [2.45, 2.75) is 38.6 Å². The number of hydrogen-bond donors (Lipinski definition) is 5. The number of anilines is 2. The molecule has 1 fully saturated rings. The molecule has 1 atom stereocenters. The van der Waals surface area contributed by atoms with Crippen LogP contribution in [0.15, 0.2) is 66.7 Å². The Morgan fingerprint density at radius 3 is 2.15 bits per heavy atom. The van der Waals surface area contributed by atoms with Gasteiger partial charge in [0.05, 0.1) is 63.2 Å². The van der Waals surface area contributed by atoms with E-state index in [-0.39, 0.29) is 61.6 Å². The van der Waals surface area contributed by atoms with Gasteiger partial charge < -0.3 is 30.2 Å². The maximum atomic E-state index is 13.2. The van der Waals surface area contributed by atoms with E-state index in [1.807, 2.05) is 43.3 Å². The summed E-state index contributed by atoms with van der Waals surface area (Å²) in [6.45, 7) is 5.49. The van der Waals surface area contributed by atoms with Gasteiger partial charge in [-0.1, -0.05) is 37.3 Å². The molecule has 2 aliphatic rings. The van der Waals surface area contributed by atoms with E-state index >= 15 is 0 Å². The summed E-state index contributed by atoms with van der Waals surface area (Å²) in [4.78, 5) is 63.5. The second-order valence-corrected chi connectivity index (χ2v) is 12.3. The molecular formula is C38H46N6O8. The molecule has 5 N–H and O–H groups in total. The second-order valence-electron chi connectivity index (χ2n) is 12.3. The first kappa shape index (κ1) is 38.1. The van der Waals surface area contributed by atoms with Gasteiger partial charge in [0.25, 0.3) is 17.7 Å². The van der Waals surface area contributed by atoms with E-state index in [0.29, 0.717) is 80.6 Å². The Hall–Kier alpha value is -5.15. The lowest BCUT2D eigenvalue weighted by molar-refractivity contribution is -0.123. The van der Waals surface area contributed by atoms with Gasteiger partial charge >= 0.3 is 0 Å². The number of fused-ring (bicyclic) bond motifs is 1. The maximum Gasteiger partial charge on any atom is 0.265 e. The Morgan fingerprint density at radius 1 is 0.808 bits per heavy atom. The van der Waals surface area contributed by atoms with Gasteiger partial charge in [0.15, 0.2) is 0 Å². The highest BCUT2D eigenvalue weighted by Gasteiger charge is 2.42. The van der Waals surface area contributed by atoms with Gasteiger partial charge in [-0.05, 0) is 60.4 Å². The molecule has 3 aromatic rings. The van der Waals surface area contributed by atoms with Crippen molar-refractivity contribution < 1.29 is 38.2 Å². The lowest BCUT2D eigenvalue weighted by Gasteiger charge is -2.29. The van der Waals surface area contributed by atoms with E-state index in [1.165, 1.54) is 4.90 Å². The van der Waals surface area contributed by atoms with Crippen molar-refractivity contribution >= 4 is 40.9 Å². The summed E-state index contributed by atoms with van der Waals surface area (Å²) in [5, 5.41) is 8.80. The number of nitrogens with one attached hydrogen (secondary N) is 5. The molecule has 0 bridgehead atoms. The quantitative estimate of drug-likeness (QED) is 0.0663. The summed E-state index contributed by atoms with van der Waals surface area (Å²) < 4.78 is 16.7. The number of carbonyl (C=O) groups excluding carboxylic acids is 5. The zero-order valence-electron chi connectivity index (χ0n) is 29.3. The molecule has 3 aromatic carbocycles. The molecule has 5 rings (SSSR count). The van der Waals surface area contributed by atoms with Crippen LogP contribution in [0.4, 0.5) is 11.4 Å². The Morgan fingerprint density at radius 2 is 1.48 bits per heavy atom. The van der Waals surface area contributed by atoms with Gasteiger partial charge in [-0.3, -0.25) is 34.3 Å². The van der Waals surface area contributed by atoms with E-state index in [9.17, 15) is 24.0 Å². The molecule has 0 radical (unpaired) electrons. The van der Waals surface area contributed by atoms with Gasteiger partial charge in [0, 0.05) is 43.0 Å². The second kappa shape index (κ2) is 19.5. The van der Waals surface area contributed by atoms with Crippen LogP contribution in [0.2, 0.25) is 0 Å². The molecule has 276 valence electrons. The molecular weight excluding hydrogens is 668 g/mol. The number of amides is 5. The van der Waals surface area contributed by atoms with Gasteiger partial charge in [-0.25, -0.2) is 5.43 Å². The molecule has 0 aliphatic carbocycles. The molecule has 14 heteroatoms. The van der Waals surface area contributed by atoms with E-state index in [0.717, 1.165) is 17.5 Å². The summed E-state index contributed by atoms with van der Waals surface area (Å²) in [6.07, 6.45) is 1.86. The summed E-state index contributed by atoms with van der Waals surface area (Å²) >= 11 is 0. The van der Waals surface area contributed by atoms with Crippen molar-refractivity contribution in [3.05, 3.63) is 83.4 Å². The lowest BCUT2D eigenvalue weighted by atomic mass is 10.0. The number of hydrogen-bond acceptors (Lipinski definition) is 10. The Bertz CT molecular complexity index is 1690. The van der Waals surface area contributed by atoms with Crippen LogP contribution in [0, 0.1) is 0 Å². The van der Waals surface area contributed by atoms with Gasteiger partial charge in [-0.15, -0.1) is 0 Å². The largest absolute Gasteiger partial charge is 0.382 e. The van der Waals surface area contributed by atoms with Crippen LogP contribution in [0.25, 0.3) is 11.1 Å². The van der Waals surface area contributed by atoms with Gasteiger partial charge in [0.2, 0.25) is 11.8 Å². The Kier molecular flexibility index (Phi) is 14.3. The van der Waals surface area contributed by atoms with Crippen LogP contribution in [-0.4, -0.2) is 99.8 Å². The van der Waals surface area contributed by atoms with Gasteiger partial charge in [-0.2, -0.15) is 0 Å². The summed E-state index contributed by atoms with van der Waals surface area (Å²) in [6, 6.07) is 19.6. The minimum Gasteiger partial charge on any atom is -0.382 e. The van der Waals surface area contributed by atoms with Gasteiger partial charge in [0.1, 0.15) is 0 Å². The number of imide groups is 1. The molecule has 2 aliphatic heterocycles. The first-order chi connectivity index (χ1) is 25.4. The van der Waals surface area contributed by atoms with Crippen molar-refractivity contribution in [3.63, 3.8) is 0 Å². The number of ether oxygens (including phenoxy) is 3. The number of rotatable bonds is 20. The first-order valence-electron chi connectivity index (χ1n) is 17.6. The SMILES string of the molecule is CCCNNC(=O)c1ccc(-c2ccc(NC(=O)CCOCCOCCOCCNc3cccc4c3C(=O)N(C3CCC(=O)NC3)C4=O)cc2)cc1. The highest BCUT2D eigenvalue weighted by Crippen LogP contribution is 2.32. The molecule has 14 nitrogen and oxygen atoms in total. The molecule has 0 spiro atoms. The van der Waals surface area contributed by atoms with Crippen molar-refractivity contribution in [1.29, 1.82) is 0 Å². The number of carbonyl (C=O) groups is 5. The normalized spacial score (nSPS) is 15.3. The van der Waals surface area contributed by atoms with E-state index in [1.54, 1.807) is 30.3 Å².